The van der Waals surface area contributed by atoms with Crippen molar-refractivity contribution >= 4 is 0 Å². The highest BCUT2D eigenvalue weighted by molar-refractivity contribution is 4.12. The Labute approximate surface area is 49.3 Å². The first-order valence-electron chi connectivity index (χ1n) is 3.83. The van der Waals surface area contributed by atoms with Crippen molar-refractivity contribution in [1.82, 2.24) is 0 Å². The standard InChI is InChI=1S/C4H10.C3H8/c1-3-4-2;1-3-2/h3-4H2,1-2H3;3H2,1-2H3/i;1D. The van der Waals surface area contributed by atoms with E-state index in [1.54, 1.807) is 0 Å². The van der Waals surface area contributed by atoms with Crippen LogP contribution in [0.1, 0.15) is 48.3 Å². The molecule has 7 heavy (non-hydrogen) atoms. The highest BCUT2D eigenvalue weighted by Crippen LogP contribution is 1.76. The molecule has 0 heterocycles. The summed E-state index contributed by atoms with van der Waals surface area (Å²) in [6, 6.07) is 0. The number of hydrogen-bond acceptors (Lipinski definition) is 0. The zero-order chi connectivity index (χ0) is 6.83. The summed E-state index contributed by atoms with van der Waals surface area (Å²) in [4.78, 5) is 0. The molecule has 0 fully saturated rings. The van der Waals surface area contributed by atoms with Gasteiger partial charge in [-0.05, 0) is 0 Å². The van der Waals surface area contributed by atoms with E-state index in [2.05, 4.69) is 13.8 Å². The fourth-order valence-corrected chi connectivity index (χ4v) is 0. The molecular formula is C7H18. The van der Waals surface area contributed by atoms with Crippen molar-refractivity contribution in [3.8, 4) is 0 Å². The molecule has 0 rings (SSSR count). The van der Waals surface area contributed by atoms with Crippen LogP contribution < -0.4 is 0 Å². The summed E-state index contributed by atoms with van der Waals surface area (Å²) in [5, 5.41) is 0. The third-order valence-corrected chi connectivity index (χ3v) is 0.500. The third-order valence-electron chi connectivity index (χ3n) is 0.500. The van der Waals surface area contributed by atoms with Crippen molar-refractivity contribution in [3.05, 3.63) is 0 Å². The normalized spacial score (nSPS) is 8.71. The van der Waals surface area contributed by atoms with Crippen LogP contribution in [0.15, 0.2) is 0 Å². The average molecular weight is 103 g/mol. The lowest BCUT2D eigenvalue weighted by atomic mass is 10.4. The van der Waals surface area contributed by atoms with Crippen molar-refractivity contribution in [2.24, 2.45) is 0 Å². The first-order valence-corrected chi connectivity index (χ1v) is 3.12. The van der Waals surface area contributed by atoms with Gasteiger partial charge in [0.2, 0.25) is 0 Å². The van der Waals surface area contributed by atoms with Crippen LogP contribution in [-0.2, 0) is 0 Å². The maximum Gasteiger partial charge on any atom is 0.0230 e. The number of unbranched alkanes of at least 4 members (excludes halogenated alkanes) is 1. The Morgan fingerprint density at radius 3 is 1.43 bits per heavy atom. The molecule has 0 aliphatic carbocycles. The van der Waals surface area contributed by atoms with Crippen LogP contribution in [0.3, 0.4) is 0 Å². The van der Waals surface area contributed by atoms with E-state index in [9.17, 15) is 0 Å². The quantitative estimate of drug-likeness (QED) is 0.478. The molecule has 0 amide bonds. The van der Waals surface area contributed by atoms with Crippen LogP contribution in [0, 0.1) is 0 Å². The Hall–Kier alpha value is 0. The average Bonchev–Trinajstić information content (AvgIpc) is 1.88. The molecular weight excluding hydrogens is 84.1 g/mol. The first kappa shape index (κ1) is 7.00. The van der Waals surface area contributed by atoms with Gasteiger partial charge >= 0.3 is 0 Å². The molecule has 0 spiro atoms. The van der Waals surface area contributed by atoms with E-state index in [0.717, 1.165) is 6.42 Å². The summed E-state index contributed by atoms with van der Waals surface area (Å²) >= 11 is 0. The lowest BCUT2D eigenvalue weighted by molar-refractivity contribution is 0.886. The van der Waals surface area contributed by atoms with Crippen molar-refractivity contribution in [2.45, 2.75) is 46.9 Å². The lowest BCUT2D eigenvalue weighted by Gasteiger charge is -1.68. The third kappa shape index (κ3) is 96.0. The minimum absolute atomic E-state index is 0.569. The van der Waals surface area contributed by atoms with Crippen LogP contribution in [0.4, 0.5) is 0 Å². The first-order chi connectivity index (χ1) is 3.83. The van der Waals surface area contributed by atoms with E-state index in [0.29, 0.717) is 6.90 Å². The van der Waals surface area contributed by atoms with Crippen molar-refractivity contribution in [1.29, 1.82) is 0 Å². The monoisotopic (exact) mass is 103 g/mol. The molecule has 46 valence electrons. The van der Waals surface area contributed by atoms with Crippen LogP contribution in [0.5, 0.6) is 0 Å². The van der Waals surface area contributed by atoms with Gasteiger partial charge in [0.05, 0.1) is 0 Å². The van der Waals surface area contributed by atoms with Crippen LogP contribution in [-0.4, -0.2) is 0 Å². The predicted octanol–water partition coefficient (Wildman–Crippen LogP) is 3.22. The zero-order valence-corrected chi connectivity index (χ0v) is 5.83. The van der Waals surface area contributed by atoms with Gasteiger partial charge in [0.1, 0.15) is 0 Å². The topological polar surface area (TPSA) is 0 Å². The second kappa shape index (κ2) is 16.7. The van der Waals surface area contributed by atoms with E-state index < -0.39 is 0 Å². The highest BCUT2D eigenvalue weighted by Gasteiger charge is 1.56. The maximum atomic E-state index is 6.45. The van der Waals surface area contributed by atoms with Crippen LogP contribution in [0.2, 0.25) is 0 Å². The predicted molar refractivity (Wildman–Crippen MR) is 36.5 cm³/mol. The summed E-state index contributed by atoms with van der Waals surface area (Å²) < 4.78 is 6.45. The summed E-state index contributed by atoms with van der Waals surface area (Å²) in [5.41, 5.74) is 0. The van der Waals surface area contributed by atoms with Gasteiger partial charge in [-0.25, -0.2) is 0 Å². The molecule has 0 radical (unpaired) electrons. The smallest absolute Gasteiger partial charge is 0.0230 e. The molecule has 0 unspecified atom stereocenters. The Bertz CT molecular complexity index is 12.3. The summed E-state index contributed by atoms with van der Waals surface area (Å²) in [6.07, 6.45) is 3.62. The fraction of sp³-hybridized carbons (Fsp3) is 1.00. The van der Waals surface area contributed by atoms with Crippen LogP contribution >= 0.6 is 0 Å². The van der Waals surface area contributed by atoms with E-state index in [-0.39, 0.29) is 0 Å². The molecule has 0 bridgehead atoms. The van der Waals surface area contributed by atoms with Crippen molar-refractivity contribution in [2.75, 3.05) is 0 Å². The number of rotatable bonds is 1. The molecule has 0 nitrogen and oxygen atoms in total. The zero-order valence-electron chi connectivity index (χ0n) is 6.83. The number of hydrogen-bond donors (Lipinski definition) is 0. The molecule has 0 N–H and O–H groups in total. The largest absolute Gasteiger partial charge is 0.0656 e. The molecule has 0 aromatic rings. The Kier molecular flexibility index (Phi) is 16.7. The Balaban J connectivity index is 0. The minimum Gasteiger partial charge on any atom is -0.0656 e. The van der Waals surface area contributed by atoms with Gasteiger partial charge in [0, 0.05) is 1.37 Å². The van der Waals surface area contributed by atoms with E-state index in [1.165, 1.54) is 12.8 Å². The van der Waals surface area contributed by atoms with Crippen molar-refractivity contribution in [3.63, 3.8) is 0 Å². The molecule has 0 atom stereocenters. The molecule has 0 aliphatic heterocycles. The van der Waals surface area contributed by atoms with Crippen molar-refractivity contribution < 1.29 is 1.37 Å². The molecule has 0 aromatic heterocycles. The maximum absolute atomic E-state index is 6.45. The molecule has 0 aliphatic rings. The van der Waals surface area contributed by atoms with Gasteiger partial charge < -0.3 is 0 Å². The Morgan fingerprint density at radius 1 is 1.14 bits per heavy atom. The lowest BCUT2D eigenvalue weighted by Crippen LogP contribution is -1.47. The SMILES string of the molecule is CCCC.[2H]CCC. The van der Waals surface area contributed by atoms with E-state index in [4.69, 9.17) is 1.37 Å². The van der Waals surface area contributed by atoms with E-state index >= 15 is 0 Å². The van der Waals surface area contributed by atoms with Gasteiger partial charge in [-0.2, -0.15) is 0 Å². The molecule has 0 aromatic carbocycles. The van der Waals surface area contributed by atoms with Gasteiger partial charge in [-0.15, -0.1) is 0 Å². The van der Waals surface area contributed by atoms with Crippen LogP contribution in [0.25, 0.3) is 0 Å². The minimum atomic E-state index is 0.569. The summed E-state index contributed by atoms with van der Waals surface area (Å²) in [7, 11) is 0. The Morgan fingerprint density at radius 2 is 1.43 bits per heavy atom. The fourth-order valence-electron chi connectivity index (χ4n) is 0. The second-order valence-electron chi connectivity index (χ2n) is 1.50. The molecule has 0 saturated heterocycles. The van der Waals surface area contributed by atoms with Gasteiger partial charge in [-0.1, -0.05) is 46.9 Å². The molecule has 0 saturated carbocycles. The van der Waals surface area contributed by atoms with Gasteiger partial charge in [-0.3, -0.25) is 0 Å². The summed E-state index contributed by atoms with van der Waals surface area (Å²) in [6.45, 7) is 6.92. The summed E-state index contributed by atoms with van der Waals surface area (Å²) in [5.74, 6) is 0. The van der Waals surface area contributed by atoms with Gasteiger partial charge in [0.15, 0.2) is 0 Å². The highest BCUT2D eigenvalue weighted by atomic mass is 13.6. The second-order valence-corrected chi connectivity index (χ2v) is 1.50. The van der Waals surface area contributed by atoms with Gasteiger partial charge in [0.25, 0.3) is 0 Å². The molecule has 0 heteroatoms. The van der Waals surface area contributed by atoms with E-state index in [1.807, 2.05) is 6.92 Å².